The molecule has 1 aromatic rings. The highest BCUT2D eigenvalue weighted by Crippen LogP contribution is 2.44. The summed E-state index contributed by atoms with van der Waals surface area (Å²) in [5.41, 5.74) is 2.03. The van der Waals surface area contributed by atoms with Crippen LogP contribution in [-0.2, 0) is 23.9 Å². The molecule has 1 aliphatic heterocycles. The maximum atomic E-state index is 13.4. The monoisotopic (exact) mass is 491 g/mol. The number of rotatable bonds is 8. The topological polar surface area (TPSA) is 133 Å². The quantitative estimate of drug-likeness (QED) is 0.254. The molecule has 11 heteroatoms. The van der Waals surface area contributed by atoms with Crippen LogP contribution in [0.2, 0.25) is 0 Å². The average molecular weight is 492 g/mol. The molecule has 0 spiro atoms. The molecule has 0 aliphatic carbocycles. The summed E-state index contributed by atoms with van der Waals surface area (Å²) in [7, 11) is 1.53. The molecule has 2 amide bonds. The summed E-state index contributed by atoms with van der Waals surface area (Å²) in [6.45, 7) is 9.28. The van der Waals surface area contributed by atoms with Crippen LogP contribution in [0.15, 0.2) is 34.4 Å². The van der Waals surface area contributed by atoms with Crippen molar-refractivity contribution in [1.82, 2.24) is 5.43 Å². The first-order valence-corrected chi connectivity index (χ1v) is 11.3. The summed E-state index contributed by atoms with van der Waals surface area (Å²) in [4.78, 5) is 55.1. The van der Waals surface area contributed by atoms with E-state index in [0.29, 0.717) is 11.3 Å². The van der Waals surface area contributed by atoms with E-state index in [0.717, 1.165) is 11.8 Å². The lowest BCUT2D eigenvalue weighted by atomic mass is 9.84. The summed E-state index contributed by atoms with van der Waals surface area (Å²) in [5, 5.41) is 4.30. The standard InChI is InChI=1S/C23H29N3O7S/c1-8-32-19(28)17(13(2)27)23(14(3)25-26-21(30)33-22(4,5)6)20(29)24-18(34-23)15-9-11-16(31-7)12-10-15/h9-12,17H,8H2,1-7H3,(H,26,30)/b25-14+. The minimum absolute atomic E-state index is 0.00567. The second-order valence-corrected chi connectivity index (χ2v) is 9.63. The van der Waals surface area contributed by atoms with E-state index in [2.05, 4.69) is 15.5 Å². The predicted octanol–water partition coefficient (Wildman–Crippen LogP) is 3.12. The molecule has 10 nitrogen and oxygen atoms in total. The number of esters is 1. The number of hydrazone groups is 1. The number of nitrogens with one attached hydrogen (secondary N) is 1. The van der Waals surface area contributed by atoms with Gasteiger partial charge in [0.25, 0.3) is 5.91 Å². The second-order valence-electron chi connectivity index (χ2n) is 8.39. The van der Waals surface area contributed by atoms with Crippen LogP contribution >= 0.6 is 11.8 Å². The predicted molar refractivity (Wildman–Crippen MR) is 128 cm³/mol. The van der Waals surface area contributed by atoms with Gasteiger partial charge >= 0.3 is 12.1 Å². The minimum atomic E-state index is -1.84. The number of amides is 2. The Morgan fingerprint density at radius 3 is 2.29 bits per heavy atom. The molecule has 34 heavy (non-hydrogen) atoms. The molecule has 0 saturated carbocycles. The Morgan fingerprint density at radius 1 is 1.18 bits per heavy atom. The number of thioether (sulfide) groups is 1. The summed E-state index contributed by atoms with van der Waals surface area (Å²) >= 11 is 0.911. The first-order chi connectivity index (χ1) is 15.9. The fourth-order valence-electron chi connectivity index (χ4n) is 3.23. The van der Waals surface area contributed by atoms with Crippen molar-refractivity contribution in [3.8, 4) is 5.75 Å². The Hall–Kier alpha value is -3.21. The van der Waals surface area contributed by atoms with Crippen LogP contribution in [0, 0.1) is 5.92 Å². The molecule has 2 rings (SSSR count). The van der Waals surface area contributed by atoms with Crippen molar-refractivity contribution in [1.29, 1.82) is 0 Å². The Labute approximate surface area is 202 Å². The van der Waals surface area contributed by atoms with E-state index in [1.807, 2.05) is 0 Å². The zero-order valence-corrected chi connectivity index (χ0v) is 21.1. The third-order valence-corrected chi connectivity index (χ3v) is 6.25. The van der Waals surface area contributed by atoms with Gasteiger partial charge in [0.05, 0.1) is 19.4 Å². The van der Waals surface area contributed by atoms with Gasteiger partial charge in [0.2, 0.25) is 0 Å². The molecule has 0 fully saturated rings. The molecule has 0 radical (unpaired) electrons. The van der Waals surface area contributed by atoms with E-state index in [9.17, 15) is 19.2 Å². The van der Waals surface area contributed by atoms with Gasteiger partial charge in [-0.1, -0.05) is 11.8 Å². The van der Waals surface area contributed by atoms with Crippen LogP contribution in [0.3, 0.4) is 0 Å². The van der Waals surface area contributed by atoms with Gasteiger partial charge in [-0.3, -0.25) is 14.4 Å². The Balaban J connectivity index is 2.52. The van der Waals surface area contributed by atoms with Crippen LogP contribution < -0.4 is 10.2 Å². The van der Waals surface area contributed by atoms with Crippen LogP contribution in [0.4, 0.5) is 4.79 Å². The fraction of sp³-hybridized carbons (Fsp3) is 0.478. The van der Waals surface area contributed by atoms with E-state index < -0.39 is 40.0 Å². The number of hydrogen-bond donors (Lipinski definition) is 1. The maximum absolute atomic E-state index is 13.4. The SMILES string of the molecule is CCOC(=O)C(C(C)=O)C1(/C(C)=N/NC(=O)OC(C)(C)C)SC(c2ccc(OC)cc2)=NC1=O. The van der Waals surface area contributed by atoms with Crippen LogP contribution in [-0.4, -0.2) is 58.6 Å². The van der Waals surface area contributed by atoms with E-state index in [-0.39, 0.29) is 17.4 Å². The molecule has 0 bridgehead atoms. The summed E-state index contributed by atoms with van der Waals surface area (Å²) in [6.07, 6.45) is -0.857. The van der Waals surface area contributed by atoms with Crippen LogP contribution in [0.25, 0.3) is 0 Å². The normalized spacial score (nSPS) is 19.2. The average Bonchev–Trinajstić information content (AvgIpc) is 3.08. The van der Waals surface area contributed by atoms with Crippen molar-refractivity contribution in [2.75, 3.05) is 13.7 Å². The maximum Gasteiger partial charge on any atom is 0.428 e. The molecule has 2 unspecified atom stereocenters. The number of Topliss-reactive ketones (excluding diaryl/α,β-unsaturated/α-hetero) is 1. The fourth-order valence-corrected chi connectivity index (χ4v) is 4.62. The van der Waals surface area contributed by atoms with Gasteiger partial charge in [0.15, 0.2) is 4.75 Å². The lowest BCUT2D eigenvalue weighted by molar-refractivity contribution is -0.153. The van der Waals surface area contributed by atoms with Gasteiger partial charge in [-0.2, -0.15) is 5.10 Å². The smallest absolute Gasteiger partial charge is 0.428 e. The lowest BCUT2D eigenvalue weighted by Crippen LogP contribution is -2.53. The Bertz CT molecular complexity index is 1030. The third-order valence-electron chi connectivity index (χ3n) is 4.70. The van der Waals surface area contributed by atoms with Crippen molar-refractivity contribution < 1.29 is 33.4 Å². The van der Waals surface area contributed by atoms with Crippen LogP contribution in [0.5, 0.6) is 5.75 Å². The molecule has 1 aromatic carbocycles. The number of ether oxygens (including phenoxy) is 3. The highest BCUT2D eigenvalue weighted by molar-refractivity contribution is 8.17. The van der Waals surface area contributed by atoms with Gasteiger partial charge in [-0.15, -0.1) is 0 Å². The van der Waals surface area contributed by atoms with Crippen LogP contribution in [0.1, 0.15) is 47.1 Å². The van der Waals surface area contributed by atoms with Gasteiger partial charge < -0.3 is 14.2 Å². The van der Waals surface area contributed by atoms with Gasteiger partial charge in [0.1, 0.15) is 28.1 Å². The van der Waals surface area contributed by atoms with Crippen molar-refractivity contribution in [2.24, 2.45) is 16.0 Å². The highest BCUT2D eigenvalue weighted by Gasteiger charge is 2.59. The van der Waals surface area contributed by atoms with Crippen molar-refractivity contribution in [3.63, 3.8) is 0 Å². The largest absolute Gasteiger partial charge is 0.497 e. The third kappa shape index (κ3) is 6.02. The highest BCUT2D eigenvalue weighted by atomic mass is 32.2. The first-order valence-electron chi connectivity index (χ1n) is 10.5. The molecule has 184 valence electrons. The Kier molecular flexibility index (Phi) is 8.60. The summed E-state index contributed by atoms with van der Waals surface area (Å²) in [5.74, 6) is -3.17. The lowest BCUT2D eigenvalue weighted by Gasteiger charge is -2.31. The summed E-state index contributed by atoms with van der Waals surface area (Å²) in [6, 6.07) is 6.79. The van der Waals surface area contributed by atoms with Crippen molar-refractivity contribution in [3.05, 3.63) is 29.8 Å². The minimum Gasteiger partial charge on any atom is -0.497 e. The molecule has 2 atom stereocenters. The number of carbonyl (C=O) groups excluding carboxylic acids is 4. The zero-order chi connectivity index (χ0) is 25.7. The number of aliphatic imine (C=N–C) groups is 1. The summed E-state index contributed by atoms with van der Waals surface area (Å²) < 4.78 is 13.6. The Morgan fingerprint density at radius 2 is 1.79 bits per heavy atom. The number of carbonyl (C=O) groups is 4. The van der Waals surface area contributed by atoms with E-state index in [1.54, 1.807) is 52.0 Å². The van der Waals surface area contributed by atoms with E-state index in [4.69, 9.17) is 14.2 Å². The number of nitrogens with zero attached hydrogens (tertiary/aromatic N) is 2. The van der Waals surface area contributed by atoms with Crippen molar-refractivity contribution >= 4 is 46.3 Å². The number of benzene rings is 1. The molecular formula is C23H29N3O7S. The van der Waals surface area contributed by atoms with Gasteiger partial charge in [0, 0.05) is 5.56 Å². The van der Waals surface area contributed by atoms with E-state index in [1.165, 1.54) is 21.0 Å². The second kappa shape index (κ2) is 10.8. The molecule has 1 N–H and O–H groups in total. The molecular weight excluding hydrogens is 462 g/mol. The van der Waals surface area contributed by atoms with Gasteiger partial charge in [-0.25, -0.2) is 15.2 Å². The number of hydrogen-bond acceptors (Lipinski definition) is 9. The first kappa shape index (κ1) is 27.0. The molecule has 0 aromatic heterocycles. The van der Waals surface area contributed by atoms with E-state index >= 15 is 0 Å². The number of ketones is 1. The van der Waals surface area contributed by atoms with Gasteiger partial charge in [-0.05, 0) is 65.8 Å². The molecule has 1 aliphatic rings. The zero-order valence-electron chi connectivity index (χ0n) is 20.3. The van der Waals surface area contributed by atoms with Crippen molar-refractivity contribution in [2.45, 2.75) is 51.9 Å². The molecule has 0 saturated heterocycles. The molecule has 1 heterocycles. The number of methoxy groups -OCH3 is 1.